The predicted molar refractivity (Wildman–Crippen MR) is 138 cm³/mol. The first-order chi connectivity index (χ1) is 16.6. The highest BCUT2D eigenvalue weighted by Gasteiger charge is 2.29. The van der Waals surface area contributed by atoms with Gasteiger partial charge < -0.3 is 10.6 Å². The Kier molecular flexibility index (Phi) is 5.96. The van der Waals surface area contributed by atoms with Crippen LogP contribution in [0.2, 0.25) is 5.15 Å². The van der Waals surface area contributed by atoms with Crippen molar-refractivity contribution in [1.82, 2.24) is 23.7 Å². The fourth-order valence-corrected chi connectivity index (χ4v) is 5.42. The van der Waals surface area contributed by atoms with Gasteiger partial charge in [0.05, 0.1) is 22.2 Å². The number of fused-ring (bicyclic) bond motifs is 1. The molecule has 1 saturated carbocycles. The minimum atomic E-state index is -3.86. The van der Waals surface area contributed by atoms with Crippen molar-refractivity contribution in [2.75, 3.05) is 10.6 Å². The molecule has 0 radical (unpaired) electrons. The lowest BCUT2D eigenvalue weighted by Gasteiger charge is -2.16. The van der Waals surface area contributed by atoms with E-state index in [0.29, 0.717) is 22.8 Å². The molecule has 0 saturated heterocycles. The first-order valence-corrected chi connectivity index (χ1v) is 13.4. The molecule has 3 heterocycles. The van der Waals surface area contributed by atoms with E-state index in [4.69, 9.17) is 11.6 Å². The van der Waals surface area contributed by atoms with Gasteiger partial charge in [-0.25, -0.2) is 12.4 Å². The first kappa shape index (κ1) is 23.6. The maximum Gasteiger partial charge on any atom is 0.269 e. The Hall–Kier alpha value is -3.11. The maximum atomic E-state index is 13.5. The van der Waals surface area contributed by atoms with E-state index in [1.54, 1.807) is 41.2 Å². The van der Waals surface area contributed by atoms with E-state index in [-0.39, 0.29) is 33.7 Å². The molecular weight excluding hydrogens is 486 g/mol. The molecule has 1 unspecified atom stereocenters. The number of aryl methyl sites for hydroxylation is 1. The molecule has 0 amide bonds. The summed E-state index contributed by atoms with van der Waals surface area (Å²) in [6.07, 6.45) is 5.64. The number of halogens is 1. The molecule has 3 aromatic heterocycles. The van der Waals surface area contributed by atoms with Crippen molar-refractivity contribution in [3.05, 3.63) is 53.4 Å². The second kappa shape index (κ2) is 8.83. The number of aromatic nitrogens is 5. The van der Waals surface area contributed by atoms with Gasteiger partial charge in [0.15, 0.2) is 10.8 Å². The minimum absolute atomic E-state index is 0.125. The summed E-state index contributed by atoms with van der Waals surface area (Å²) in [6.45, 7) is 8.03. The highest BCUT2D eigenvalue weighted by atomic mass is 35.5. The summed E-state index contributed by atoms with van der Waals surface area (Å²) in [5, 5.41) is 11.8. The highest BCUT2D eigenvalue weighted by molar-refractivity contribution is 7.90. The van der Waals surface area contributed by atoms with Crippen LogP contribution in [0.3, 0.4) is 0 Å². The first-order valence-electron chi connectivity index (χ1n) is 11.6. The van der Waals surface area contributed by atoms with Gasteiger partial charge in [-0.05, 0) is 64.7 Å². The number of benzene rings is 1. The second-order valence-electron chi connectivity index (χ2n) is 9.37. The SMILES string of the molecule is Cc1ccc(S(=O)(=O)n2ccc3c(NC(C)C4CC4)nc(Nc4cn(C(C)C)nc4Cl)nc32)cc1. The van der Waals surface area contributed by atoms with Gasteiger partial charge in [0.1, 0.15) is 5.82 Å². The summed E-state index contributed by atoms with van der Waals surface area (Å²) in [6, 6.07) is 8.82. The molecule has 0 bridgehead atoms. The number of hydrogen-bond donors (Lipinski definition) is 2. The van der Waals surface area contributed by atoms with Gasteiger partial charge in [0, 0.05) is 18.3 Å². The van der Waals surface area contributed by atoms with Gasteiger partial charge in [-0.2, -0.15) is 15.1 Å². The summed E-state index contributed by atoms with van der Waals surface area (Å²) in [7, 11) is -3.86. The van der Waals surface area contributed by atoms with Crippen LogP contribution >= 0.6 is 11.6 Å². The van der Waals surface area contributed by atoms with Gasteiger partial charge in [-0.3, -0.25) is 4.68 Å². The van der Waals surface area contributed by atoms with Crippen molar-refractivity contribution in [1.29, 1.82) is 0 Å². The molecule has 1 aliphatic carbocycles. The number of nitrogens with one attached hydrogen (secondary N) is 2. The Balaban J connectivity index is 1.61. The van der Waals surface area contributed by atoms with Crippen LogP contribution in [0.4, 0.5) is 17.5 Å². The van der Waals surface area contributed by atoms with Crippen LogP contribution in [0.1, 0.15) is 45.2 Å². The van der Waals surface area contributed by atoms with Gasteiger partial charge >= 0.3 is 0 Å². The van der Waals surface area contributed by atoms with E-state index in [0.717, 1.165) is 5.56 Å². The molecule has 9 nitrogen and oxygen atoms in total. The third kappa shape index (κ3) is 4.60. The van der Waals surface area contributed by atoms with Crippen molar-refractivity contribution < 1.29 is 8.42 Å². The minimum Gasteiger partial charge on any atom is -0.367 e. The Morgan fingerprint density at radius 3 is 2.43 bits per heavy atom. The van der Waals surface area contributed by atoms with Crippen LogP contribution < -0.4 is 10.6 Å². The fourth-order valence-electron chi connectivity index (χ4n) is 3.94. The second-order valence-corrected chi connectivity index (χ2v) is 11.5. The maximum absolute atomic E-state index is 13.5. The highest BCUT2D eigenvalue weighted by Crippen LogP contribution is 2.36. The predicted octanol–water partition coefficient (Wildman–Crippen LogP) is 5.36. The van der Waals surface area contributed by atoms with Crippen LogP contribution in [0.5, 0.6) is 0 Å². The summed E-state index contributed by atoms with van der Waals surface area (Å²) in [5.41, 5.74) is 1.80. The zero-order valence-electron chi connectivity index (χ0n) is 20.0. The Morgan fingerprint density at radius 1 is 1.09 bits per heavy atom. The fraction of sp³-hybridized carbons (Fsp3) is 0.375. The van der Waals surface area contributed by atoms with Crippen molar-refractivity contribution in [3.8, 4) is 0 Å². The Labute approximate surface area is 209 Å². The quantitative estimate of drug-likeness (QED) is 0.326. The van der Waals surface area contributed by atoms with E-state index in [9.17, 15) is 8.42 Å². The van der Waals surface area contributed by atoms with E-state index >= 15 is 0 Å². The zero-order valence-corrected chi connectivity index (χ0v) is 21.6. The lowest BCUT2D eigenvalue weighted by Crippen LogP contribution is -2.19. The number of hydrogen-bond acceptors (Lipinski definition) is 7. The normalized spacial score (nSPS) is 15.0. The average Bonchev–Trinajstić information content (AvgIpc) is 3.47. The van der Waals surface area contributed by atoms with Crippen LogP contribution in [0, 0.1) is 12.8 Å². The largest absolute Gasteiger partial charge is 0.367 e. The molecule has 5 rings (SSSR count). The number of nitrogens with zero attached hydrogens (tertiary/aromatic N) is 5. The summed E-state index contributed by atoms with van der Waals surface area (Å²) >= 11 is 6.34. The molecule has 0 aliphatic heterocycles. The van der Waals surface area contributed by atoms with Gasteiger partial charge in [-0.15, -0.1) is 0 Å². The number of anilines is 3. The van der Waals surface area contributed by atoms with Crippen molar-refractivity contribution in [3.63, 3.8) is 0 Å². The van der Waals surface area contributed by atoms with E-state index < -0.39 is 10.0 Å². The average molecular weight is 514 g/mol. The third-order valence-corrected chi connectivity index (χ3v) is 8.20. The smallest absolute Gasteiger partial charge is 0.269 e. The molecule has 184 valence electrons. The van der Waals surface area contributed by atoms with E-state index in [1.807, 2.05) is 20.8 Å². The van der Waals surface area contributed by atoms with Gasteiger partial charge in [-0.1, -0.05) is 29.3 Å². The molecule has 11 heteroatoms. The molecular formula is C24H28ClN7O2S. The summed E-state index contributed by atoms with van der Waals surface area (Å²) in [5.74, 6) is 1.38. The van der Waals surface area contributed by atoms with Crippen molar-refractivity contribution in [2.45, 2.75) is 57.5 Å². The van der Waals surface area contributed by atoms with Crippen LogP contribution in [-0.2, 0) is 10.0 Å². The van der Waals surface area contributed by atoms with E-state index in [2.05, 4.69) is 32.6 Å². The van der Waals surface area contributed by atoms with Crippen molar-refractivity contribution in [2.24, 2.45) is 5.92 Å². The summed E-state index contributed by atoms with van der Waals surface area (Å²) < 4.78 is 29.9. The molecule has 4 aromatic rings. The topological polar surface area (TPSA) is 107 Å². The lowest BCUT2D eigenvalue weighted by atomic mass is 10.2. The molecule has 0 spiro atoms. The van der Waals surface area contributed by atoms with Crippen molar-refractivity contribution >= 4 is 50.1 Å². The van der Waals surface area contributed by atoms with E-state index in [1.165, 1.54) is 23.0 Å². The van der Waals surface area contributed by atoms with Crippen LogP contribution in [0.15, 0.2) is 47.6 Å². The Bertz CT molecular complexity index is 1490. The van der Waals surface area contributed by atoms with Crippen LogP contribution in [-0.4, -0.2) is 38.2 Å². The molecule has 1 atom stereocenters. The third-order valence-electron chi connectivity index (χ3n) is 6.24. The molecule has 2 N–H and O–H groups in total. The standard InChI is InChI=1S/C24H28ClN7O2S/c1-14(2)31-13-20(21(25)30-31)27-24-28-22(26-16(4)17-7-8-17)19-11-12-32(23(19)29-24)35(33,34)18-9-5-15(3)6-10-18/h5-6,9-14,16-17H,7-8H2,1-4H3,(H2,26,27,28,29). The Morgan fingerprint density at radius 2 is 1.80 bits per heavy atom. The monoisotopic (exact) mass is 513 g/mol. The number of rotatable bonds is 8. The molecule has 1 aromatic carbocycles. The molecule has 35 heavy (non-hydrogen) atoms. The molecule has 1 fully saturated rings. The van der Waals surface area contributed by atoms with Crippen LogP contribution in [0.25, 0.3) is 11.0 Å². The molecule has 1 aliphatic rings. The zero-order chi connectivity index (χ0) is 24.9. The van der Waals surface area contributed by atoms with Gasteiger partial charge in [0.2, 0.25) is 5.95 Å². The summed E-state index contributed by atoms with van der Waals surface area (Å²) in [4.78, 5) is 9.46. The lowest BCUT2D eigenvalue weighted by molar-refractivity contribution is 0.533. The van der Waals surface area contributed by atoms with Gasteiger partial charge in [0.25, 0.3) is 10.0 Å².